The Labute approximate surface area is 174 Å². The van der Waals surface area contributed by atoms with Crippen LogP contribution in [-0.2, 0) is 4.79 Å². The van der Waals surface area contributed by atoms with Crippen LogP contribution in [-0.4, -0.2) is 60.4 Å². The third-order valence-corrected chi connectivity index (χ3v) is 7.36. The molecule has 1 saturated carbocycles. The van der Waals surface area contributed by atoms with Gasteiger partial charge in [-0.2, -0.15) is 0 Å². The molecule has 1 N–H and O–H groups in total. The summed E-state index contributed by atoms with van der Waals surface area (Å²) in [7, 11) is 2.00. The molecule has 3 fully saturated rings. The smallest absolute Gasteiger partial charge is 0.254 e. The molecule has 5 nitrogen and oxygen atoms in total. The molecule has 0 aromatic heterocycles. The van der Waals surface area contributed by atoms with E-state index in [9.17, 15) is 9.59 Å². The van der Waals surface area contributed by atoms with E-state index in [-0.39, 0.29) is 23.9 Å². The molecular formula is C24H35N3O2. The maximum atomic E-state index is 13.5. The average molecular weight is 398 g/mol. The molecular weight excluding hydrogens is 362 g/mol. The van der Waals surface area contributed by atoms with Crippen molar-refractivity contribution in [3.05, 3.63) is 35.9 Å². The van der Waals surface area contributed by atoms with Gasteiger partial charge in [-0.25, -0.2) is 0 Å². The highest BCUT2D eigenvalue weighted by Crippen LogP contribution is 2.41. The summed E-state index contributed by atoms with van der Waals surface area (Å²) < 4.78 is 0. The van der Waals surface area contributed by atoms with Crippen LogP contribution in [0.2, 0.25) is 0 Å². The number of carbonyl (C=O) groups excluding carboxylic acids is 2. The van der Waals surface area contributed by atoms with Crippen LogP contribution in [0.1, 0.15) is 61.7 Å². The van der Waals surface area contributed by atoms with Gasteiger partial charge in [-0.05, 0) is 76.1 Å². The van der Waals surface area contributed by atoms with E-state index in [1.54, 1.807) is 0 Å². The van der Waals surface area contributed by atoms with Gasteiger partial charge in [-0.3, -0.25) is 9.59 Å². The van der Waals surface area contributed by atoms with Crippen molar-refractivity contribution in [3.63, 3.8) is 0 Å². The normalized spacial score (nSPS) is 27.7. The molecule has 0 spiro atoms. The Morgan fingerprint density at radius 3 is 2.48 bits per heavy atom. The molecule has 158 valence electrons. The Kier molecular flexibility index (Phi) is 6.53. The fourth-order valence-electron chi connectivity index (χ4n) is 5.70. The minimum absolute atomic E-state index is 0.0438. The number of hydrogen-bond acceptors (Lipinski definition) is 3. The van der Waals surface area contributed by atoms with Crippen LogP contribution in [0.4, 0.5) is 0 Å². The lowest BCUT2D eigenvalue weighted by atomic mass is 9.84. The third kappa shape index (κ3) is 4.35. The molecule has 2 saturated heterocycles. The van der Waals surface area contributed by atoms with E-state index >= 15 is 0 Å². The van der Waals surface area contributed by atoms with Gasteiger partial charge in [-0.15, -0.1) is 0 Å². The minimum Gasteiger partial charge on any atom is -0.341 e. The lowest BCUT2D eigenvalue weighted by Crippen LogP contribution is -2.52. The summed E-state index contributed by atoms with van der Waals surface area (Å²) in [6, 6.07) is 9.48. The zero-order chi connectivity index (χ0) is 20.2. The number of carbonyl (C=O) groups is 2. The van der Waals surface area contributed by atoms with Crippen molar-refractivity contribution >= 4 is 11.8 Å². The Bertz CT molecular complexity index is 699. The lowest BCUT2D eigenvalue weighted by Gasteiger charge is -2.37. The first-order valence-electron chi connectivity index (χ1n) is 11.5. The predicted octanol–water partition coefficient (Wildman–Crippen LogP) is 3.31. The number of likely N-dealkylation sites (tertiary alicyclic amines) is 2. The van der Waals surface area contributed by atoms with Crippen molar-refractivity contribution in [2.45, 2.75) is 63.5 Å². The van der Waals surface area contributed by atoms with Crippen molar-refractivity contribution in [1.29, 1.82) is 0 Å². The summed E-state index contributed by atoms with van der Waals surface area (Å²) in [5, 5.41) is 3.23. The SMILES string of the molecule is CNCCC1CCN(C(=O)C2CC3CCCCC3N2C(=O)c2ccccc2)CC1. The standard InChI is InChI=1S/C24H35N3O2/c1-25-14-11-18-12-15-26(16-13-18)24(29)22-17-20-9-5-6-10-21(20)27(22)23(28)19-7-3-2-4-8-19/h2-4,7-8,18,20-22,25H,5-6,9-17H2,1H3. The van der Waals surface area contributed by atoms with Crippen LogP contribution >= 0.6 is 0 Å². The number of nitrogens with one attached hydrogen (secondary N) is 1. The van der Waals surface area contributed by atoms with E-state index in [0.29, 0.717) is 17.4 Å². The van der Waals surface area contributed by atoms with Gasteiger partial charge in [0.25, 0.3) is 5.91 Å². The van der Waals surface area contributed by atoms with Crippen LogP contribution in [0.25, 0.3) is 0 Å². The number of rotatable bonds is 5. The third-order valence-electron chi connectivity index (χ3n) is 7.36. The molecule has 2 aliphatic heterocycles. The predicted molar refractivity (Wildman–Crippen MR) is 115 cm³/mol. The molecule has 0 radical (unpaired) electrons. The first kappa shape index (κ1) is 20.4. The molecule has 29 heavy (non-hydrogen) atoms. The Morgan fingerprint density at radius 2 is 1.76 bits per heavy atom. The van der Waals surface area contributed by atoms with E-state index in [4.69, 9.17) is 0 Å². The van der Waals surface area contributed by atoms with Gasteiger partial charge in [0.05, 0.1) is 0 Å². The summed E-state index contributed by atoms with van der Waals surface area (Å²) in [6.07, 6.45) is 8.79. The van der Waals surface area contributed by atoms with Crippen molar-refractivity contribution in [3.8, 4) is 0 Å². The molecule has 2 amide bonds. The van der Waals surface area contributed by atoms with E-state index in [1.165, 1.54) is 12.8 Å². The second-order valence-electron chi connectivity index (χ2n) is 9.10. The molecule has 3 unspecified atom stereocenters. The van der Waals surface area contributed by atoms with Gasteiger partial charge < -0.3 is 15.1 Å². The van der Waals surface area contributed by atoms with E-state index < -0.39 is 0 Å². The van der Waals surface area contributed by atoms with Gasteiger partial charge in [0.15, 0.2) is 0 Å². The fourth-order valence-corrected chi connectivity index (χ4v) is 5.70. The maximum absolute atomic E-state index is 13.5. The maximum Gasteiger partial charge on any atom is 0.254 e. The van der Waals surface area contributed by atoms with E-state index in [1.807, 2.05) is 47.2 Å². The highest BCUT2D eigenvalue weighted by atomic mass is 16.2. The van der Waals surface area contributed by atoms with Crippen LogP contribution < -0.4 is 5.32 Å². The Morgan fingerprint density at radius 1 is 1.03 bits per heavy atom. The van der Waals surface area contributed by atoms with Gasteiger partial charge in [-0.1, -0.05) is 31.0 Å². The quantitative estimate of drug-likeness (QED) is 0.829. The summed E-state index contributed by atoms with van der Waals surface area (Å²) in [5.74, 6) is 1.43. The second-order valence-corrected chi connectivity index (χ2v) is 9.10. The molecule has 4 rings (SSSR count). The van der Waals surface area contributed by atoms with Crippen molar-refractivity contribution in [2.75, 3.05) is 26.7 Å². The van der Waals surface area contributed by atoms with E-state index in [0.717, 1.165) is 58.2 Å². The first-order valence-corrected chi connectivity index (χ1v) is 11.5. The Hall–Kier alpha value is -1.88. The molecule has 5 heteroatoms. The van der Waals surface area contributed by atoms with Crippen LogP contribution in [0.3, 0.4) is 0 Å². The number of nitrogens with zero attached hydrogens (tertiary/aromatic N) is 2. The molecule has 1 aromatic rings. The van der Waals surface area contributed by atoms with Crippen LogP contribution in [0.15, 0.2) is 30.3 Å². The Balaban J connectivity index is 1.48. The summed E-state index contributed by atoms with van der Waals surface area (Å²) in [4.78, 5) is 31.0. The first-order chi connectivity index (χ1) is 14.2. The number of amides is 2. The molecule has 1 aromatic carbocycles. The molecule has 1 aliphatic carbocycles. The van der Waals surface area contributed by atoms with Gasteiger partial charge in [0.2, 0.25) is 5.91 Å². The monoisotopic (exact) mass is 397 g/mol. The molecule has 3 atom stereocenters. The van der Waals surface area contributed by atoms with Crippen molar-refractivity contribution in [2.24, 2.45) is 11.8 Å². The average Bonchev–Trinajstić information content (AvgIpc) is 3.17. The topological polar surface area (TPSA) is 52.7 Å². The number of benzene rings is 1. The van der Waals surface area contributed by atoms with Gasteiger partial charge >= 0.3 is 0 Å². The van der Waals surface area contributed by atoms with Crippen molar-refractivity contribution in [1.82, 2.24) is 15.1 Å². The van der Waals surface area contributed by atoms with Gasteiger partial charge in [0.1, 0.15) is 6.04 Å². The van der Waals surface area contributed by atoms with E-state index in [2.05, 4.69) is 5.32 Å². The largest absolute Gasteiger partial charge is 0.341 e. The molecule has 2 heterocycles. The van der Waals surface area contributed by atoms with Gasteiger partial charge in [0, 0.05) is 24.7 Å². The number of piperidine rings is 1. The number of fused-ring (bicyclic) bond motifs is 1. The second kappa shape index (κ2) is 9.29. The zero-order valence-electron chi connectivity index (χ0n) is 17.7. The summed E-state index contributed by atoms with van der Waals surface area (Å²) in [6.45, 7) is 2.72. The van der Waals surface area contributed by atoms with Crippen LogP contribution in [0.5, 0.6) is 0 Å². The zero-order valence-corrected chi connectivity index (χ0v) is 17.7. The van der Waals surface area contributed by atoms with Crippen LogP contribution in [0, 0.1) is 11.8 Å². The number of hydrogen-bond donors (Lipinski definition) is 1. The highest BCUT2D eigenvalue weighted by Gasteiger charge is 2.48. The summed E-state index contributed by atoms with van der Waals surface area (Å²) in [5.41, 5.74) is 0.710. The minimum atomic E-state index is -0.273. The molecule has 0 bridgehead atoms. The fraction of sp³-hybridized carbons (Fsp3) is 0.667. The summed E-state index contributed by atoms with van der Waals surface area (Å²) >= 11 is 0. The lowest BCUT2D eigenvalue weighted by molar-refractivity contribution is -0.137. The molecule has 3 aliphatic rings. The van der Waals surface area contributed by atoms with Crippen molar-refractivity contribution < 1.29 is 9.59 Å². The highest BCUT2D eigenvalue weighted by molar-refractivity contribution is 5.98.